The first-order valence-corrected chi connectivity index (χ1v) is 2.45. The minimum absolute atomic E-state index is 0. The maximum Gasteiger partial charge on any atom is 1.00 e. The Bertz CT molecular complexity index is 135. The summed E-state index contributed by atoms with van der Waals surface area (Å²) in [5.74, 6) is 0. The molecule has 0 aromatic heterocycles. The molecule has 1 aliphatic heterocycles. The number of carbonyl (C=O) groups excluding carboxylic acids is 1. The summed E-state index contributed by atoms with van der Waals surface area (Å²) in [6.45, 7) is 0.558. The number of nitrogens with zero attached hydrogens (tertiary/aromatic N) is 1. The first-order valence-electron chi connectivity index (χ1n) is 2.45. The SMILES string of the molecule is O=C([O-])N1C=CCC1.[K+]. The van der Waals surface area contributed by atoms with Gasteiger partial charge < -0.3 is 14.8 Å². The van der Waals surface area contributed by atoms with Gasteiger partial charge in [-0.1, -0.05) is 6.08 Å². The van der Waals surface area contributed by atoms with E-state index in [1.54, 1.807) is 6.08 Å². The van der Waals surface area contributed by atoms with Crippen molar-refractivity contribution in [2.24, 2.45) is 0 Å². The number of hydrogen-bond acceptors (Lipinski definition) is 2. The fourth-order valence-electron chi connectivity index (χ4n) is 0.642. The minimum atomic E-state index is -1.11. The Morgan fingerprint density at radius 1 is 1.67 bits per heavy atom. The van der Waals surface area contributed by atoms with Gasteiger partial charge in [0.15, 0.2) is 0 Å². The van der Waals surface area contributed by atoms with E-state index in [1.807, 2.05) is 0 Å². The van der Waals surface area contributed by atoms with Crippen LogP contribution in [0.5, 0.6) is 0 Å². The average molecular weight is 151 g/mol. The van der Waals surface area contributed by atoms with E-state index < -0.39 is 6.09 Å². The van der Waals surface area contributed by atoms with E-state index in [1.165, 1.54) is 6.20 Å². The Morgan fingerprint density at radius 3 is 2.56 bits per heavy atom. The fourth-order valence-corrected chi connectivity index (χ4v) is 0.642. The quantitative estimate of drug-likeness (QED) is 0.338. The van der Waals surface area contributed by atoms with E-state index in [-0.39, 0.29) is 51.4 Å². The molecule has 1 heterocycles. The van der Waals surface area contributed by atoms with Crippen LogP contribution in [0.25, 0.3) is 0 Å². The van der Waals surface area contributed by atoms with Gasteiger partial charge >= 0.3 is 51.4 Å². The van der Waals surface area contributed by atoms with Crippen molar-refractivity contribution in [3.63, 3.8) is 0 Å². The maximum atomic E-state index is 9.97. The molecule has 0 bridgehead atoms. The molecule has 1 rings (SSSR count). The largest absolute Gasteiger partial charge is 1.00 e. The topological polar surface area (TPSA) is 43.4 Å². The third-order valence-electron chi connectivity index (χ3n) is 1.06. The second kappa shape index (κ2) is 4.46. The number of carbonyl (C=O) groups is 1. The van der Waals surface area contributed by atoms with Crippen molar-refractivity contribution in [1.29, 1.82) is 0 Å². The van der Waals surface area contributed by atoms with Crippen LogP contribution < -0.4 is 56.5 Å². The van der Waals surface area contributed by atoms with Crippen molar-refractivity contribution in [2.75, 3.05) is 6.54 Å². The van der Waals surface area contributed by atoms with Gasteiger partial charge in [0.2, 0.25) is 0 Å². The van der Waals surface area contributed by atoms with E-state index in [4.69, 9.17) is 0 Å². The molecule has 0 atom stereocenters. The monoisotopic (exact) mass is 151 g/mol. The Morgan fingerprint density at radius 2 is 2.33 bits per heavy atom. The van der Waals surface area contributed by atoms with Crippen LogP contribution in [-0.2, 0) is 0 Å². The van der Waals surface area contributed by atoms with Crippen molar-refractivity contribution in [3.05, 3.63) is 12.3 Å². The molecule has 0 unspecified atom stereocenters. The van der Waals surface area contributed by atoms with Gasteiger partial charge in [-0.3, -0.25) is 0 Å². The van der Waals surface area contributed by atoms with E-state index in [0.29, 0.717) is 6.54 Å². The van der Waals surface area contributed by atoms with Crippen molar-refractivity contribution >= 4 is 6.09 Å². The summed E-state index contributed by atoms with van der Waals surface area (Å²) in [4.78, 5) is 11.1. The molecule has 0 aromatic rings. The summed E-state index contributed by atoms with van der Waals surface area (Å²) < 4.78 is 0. The molecule has 44 valence electrons. The molecule has 0 N–H and O–H groups in total. The Labute approximate surface area is 96.1 Å². The molecule has 0 saturated heterocycles. The molecule has 0 radical (unpaired) electrons. The van der Waals surface area contributed by atoms with E-state index in [0.717, 1.165) is 11.3 Å². The van der Waals surface area contributed by atoms with Crippen LogP contribution in [-0.4, -0.2) is 17.5 Å². The van der Waals surface area contributed by atoms with Gasteiger partial charge in [0.25, 0.3) is 0 Å². The first-order chi connectivity index (χ1) is 3.80. The summed E-state index contributed by atoms with van der Waals surface area (Å²) in [7, 11) is 0. The zero-order chi connectivity index (χ0) is 5.98. The number of hydrogen-bond donors (Lipinski definition) is 0. The van der Waals surface area contributed by atoms with Crippen molar-refractivity contribution in [2.45, 2.75) is 6.42 Å². The molecular formula is C5H6KNO2. The summed E-state index contributed by atoms with van der Waals surface area (Å²) >= 11 is 0. The van der Waals surface area contributed by atoms with E-state index in [2.05, 4.69) is 0 Å². The molecule has 1 aliphatic rings. The minimum Gasteiger partial charge on any atom is -0.530 e. The van der Waals surface area contributed by atoms with Gasteiger partial charge in [0.05, 0.1) is 0 Å². The molecule has 1 amide bonds. The normalized spacial score (nSPS) is 15.3. The number of amides is 1. The summed E-state index contributed by atoms with van der Waals surface area (Å²) in [5.41, 5.74) is 0. The van der Waals surface area contributed by atoms with Crippen molar-refractivity contribution in [3.8, 4) is 0 Å². The fraction of sp³-hybridized carbons (Fsp3) is 0.400. The summed E-state index contributed by atoms with van der Waals surface area (Å²) in [6.07, 6.45) is 3.03. The Balaban J connectivity index is 0.000000640. The number of rotatable bonds is 0. The second-order valence-electron chi connectivity index (χ2n) is 1.63. The van der Waals surface area contributed by atoms with Crippen LogP contribution in [0, 0.1) is 0 Å². The Kier molecular flexibility index (Phi) is 4.78. The average Bonchev–Trinajstić information content (AvgIpc) is 2.12. The zero-order valence-corrected chi connectivity index (χ0v) is 8.46. The third kappa shape index (κ3) is 2.82. The number of carboxylic acid groups (broad SMARTS) is 1. The molecule has 0 aromatic carbocycles. The van der Waals surface area contributed by atoms with Gasteiger partial charge in [-0.15, -0.1) is 0 Å². The smallest absolute Gasteiger partial charge is 0.530 e. The van der Waals surface area contributed by atoms with E-state index >= 15 is 0 Å². The molecule has 4 heteroatoms. The van der Waals surface area contributed by atoms with Crippen molar-refractivity contribution < 1.29 is 61.3 Å². The maximum absolute atomic E-state index is 9.97. The second-order valence-corrected chi connectivity index (χ2v) is 1.63. The van der Waals surface area contributed by atoms with Gasteiger partial charge in [0.1, 0.15) is 6.09 Å². The van der Waals surface area contributed by atoms with Crippen LogP contribution in [0.4, 0.5) is 4.79 Å². The van der Waals surface area contributed by atoms with Crippen LogP contribution in [0.2, 0.25) is 0 Å². The molecule has 0 fully saturated rings. The van der Waals surface area contributed by atoms with Crippen LogP contribution in [0.1, 0.15) is 6.42 Å². The summed E-state index contributed by atoms with van der Waals surface area (Å²) in [6, 6.07) is 0. The first kappa shape index (κ1) is 9.65. The molecule has 3 nitrogen and oxygen atoms in total. The predicted molar refractivity (Wildman–Crippen MR) is 25.9 cm³/mol. The van der Waals surface area contributed by atoms with Gasteiger partial charge in [-0.2, -0.15) is 0 Å². The van der Waals surface area contributed by atoms with Crippen LogP contribution >= 0.6 is 0 Å². The van der Waals surface area contributed by atoms with Crippen LogP contribution in [0.3, 0.4) is 0 Å². The van der Waals surface area contributed by atoms with Gasteiger partial charge in [-0.05, 0) is 6.42 Å². The van der Waals surface area contributed by atoms with Crippen molar-refractivity contribution in [1.82, 2.24) is 4.90 Å². The zero-order valence-electron chi connectivity index (χ0n) is 5.33. The Hall–Kier alpha value is 0.646. The summed E-state index contributed by atoms with van der Waals surface area (Å²) in [5, 5.41) is 9.97. The third-order valence-corrected chi connectivity index (χ3v) is 1.06. The molecule has 9 heavy (non-hydrogen) atoms. The molecule has 0 spiro atoms. The van der Waals surface area contributed by atoms with Gasteiger partial charge in [0, 0.05) is 12.7 Å². The molecule has 0 saturated carbocycles. The molecular weight excluding hydrogens is 145 g/mol. The standard InChI is InChI=1S/C5H7NO2.K/c7-5(8)6-3-1-2-4-6;/h1,3H,2,4H2,(H,7,8);/q;+1/p-1. The molecule has 0 aliphatic carbocycles. The van der Waals surface area contributed by atoms with Gasteiger partial charge in [-0.25, -0.2) is 0 Å². The predicted octanol–water partition coefficient (Wildman–Crippen LogP) is -3.45. The van der Waals surface area contributed by atoms with Crippen LogP contribution in [0.15, 0.2) is 12.3 Å². The van der Waals surface area contributed by atoms with E-state index in [9.17, 15) is 9.90 Å².